The van der Waals surface area contributed by atoms with Crippen molar-refractivity contribution in [3.05, 3.63) is 55.5 Å². The molecule has 2 heterocycles. The first-order valence-electron chi connectivity index (χ1n) is 11.2. The molecule has 0 unspecified atom stereocenters. The van der Waals surface area contributed by atoms with Crippen molar-refractivity contribution in [1.82, 2.24) is 19.4 Å². The van der Waals surface area contributed by atoms with Crippen LogP contribution >= 0.6 is 11.3 Å². The van der Waals surface area contributed by atoms with E-state index in [1.54, 1.807) is 45.3 Å². The number of rotatable bonds is 6. The molecule has 1 fully saturated rings. The monoisotopic (exact) mass is 484 g/mol. The van der Waals surface area contributed by atoms with Crippen molar-refractivity contribution in [3.63, 3.8) is 0 Å². The van der Waals surface area contributed by atoms with Gasteiger partial charge < -0.3 is 15.0 Å². The predicted octanol–water partition coefficient (Wildman–Crippen LogP) is 2.29. The van der Waals surface area contributed by atoms with E-state index >= 15 is 0 Å². The van der Waals surface area contributed by atoms with Gasteiger partial charge in [-0.25, -0.2) is 9.36 Å². The smallest absolute Gasteiger partial charge is 0.337 e. The zero-order valence-corrected chi connectivity index (χ0v) is 20.5. The van der Waals surface area contributed by atoms with Crippen LogP contribution in [0.1, 0.15) is 40.9 Å². The van der Waals surface area contributed by atoms with Crippen molar-refractivity contribution in [1.29, 1.82) is 0 Å². The van der Waals surface area contributed by atoms with Gasteiger partial charge in [0.25, 0.3) is 11.5 Å². The highest BCUT2D eigenvalue weighted by atomic mass is 32.1. The molecule has 0 radical (unpaired) electrons. The maximum atomic E-state index is 13.6. The fourth-order valence-corrected chi connectivity index (χ4v) is 5.67. The third kappa shape index (κ3) is 4.25. The average molecular weight is 485 g/mol. The number of aryl methyl sites for hydroxylation is 1. The Morgan fingerprint density at radius 1 is 1.21 bits per heavy atom. The molecule has 0 saturated heterocycles. The lowest BCUT2D eigenvalue weighted by Gasteiger charge is -2.15. The minimum absolute atomic E-state index is 0.0962. The lowest BCUT2D eigenvalue weighted by Crippen LogP contribution is -2.43. The molecule has 0 bridgehead atoms. The highest BCUT2D eigenvalue weighted by Crippen LogP contribution is 2.29. The molecule has 1 aromatic carbocycles. The zero-order chi connectivity index (χ0) is 24.6. The molecule has 1 N–H and O–H groups in total. The van der Waals surface area contributed by atoms with Gasteiger partial charge in [-0.05, 0) is 37.5 Å². The number of amides is 2. The van der Waals surface area contributed by atoms with Crippen LogP contribution in [0, 0.1) is 6.92 Å². The molecule has 4 rings (SSSR count). The van der Waals surface area contributed by atoms with Crippen molar-refractivity contribution in [2.45, 2.75) is 45.2 Å². The van der Waals surface area contributed by atoms with Gasteiger partial charge in [-0.1, -0.05) is 18.9 Å². The minimum atomic E-state index is -0.641. The highest BCUT2D eigenvalue weighted by molar-refractivity contribution is 7.20. The second-order valence-electron chi connectivity index (χ2n) is 8.70. The lowest BCUT2D eigenvalue weighted by molar-refractivity contribution is -0.122. The van der Waals surface area contributed by atoms with Gasteiger partial charge in [-0.2, -0.15) is 0 Å². The molecule has 2 amide bonds. The van der Waals surface area contributed by atoms with E-state index < -0.39 is 11.2 Å². The van der Waals surface area contributed by atoms with E-state index in [4.69, 9.17) is 4.74 Å². The molecule has 10 heteroatoms. The van der Waals surface area contributed by atoms with E-state index in [9.17, 15) is 19.2 Å². The van der Waals surface area contributed by atoms with Crippen LogP contribution in [0.25, 0.3) is 15.9 Å². The Labute approximate surface area is 200 Å². The molecule has 0 aliphatic heterocycles. The average Bonchev–Trinajstić information content (AvgIpc) is 3.44. The van der Waals surface area contributed by atoms with Crippen molar-refractivity contribution in [3.8, 4) is 11.4 Å². The molecule has 0 spiro atoms. The molecule has 3 aromatic rings. The Hall–Kier alpha value is -3.40. The lowest BCUT2D eigenvalue weighted by atomic mass is 10.2. The Balaban J connectivity index is 1.94. The third-order valence-corrected chi connectivity index (χ3v) is 7.45. The van der Waals surface area contributed by atoms with Crippen LogP contribution < -0.4 is 21.3 Å². The van der Waals surface area contributed by atoms with Gasteiger partial charge in [0.05, 0.1) is 23.1 Å². The number of nitrogens with zero attached hydrogens (tertiary/aromatic N) is 3. The summed E-state index contributed by atoms with van der Waals surface area (Å²) in [6.07, 6.45) is 3.96. The highest BCUT2D eigenvalue weighted by Gasteiger charge is 2.26. The number of benzene rings is 1. The van der Waals surface area contributed by atoms with E-state index in [0.29, 0.717) is 26.7 Å². The van der Waals surface area contributed by atoms with Crippen molar-refractivity contribution in [2.75, 3.05) is 21.2 Å². The number of hydrogen-bond donors (Lipinski definition) is 1. The van der Waals surface area contributed by atoms with Gasteiger partial charge in [0.15, 0.2) is 0 Å². The number of thiophene rings is 1. The number of hydrogen-bond acceptors (Lipinski definition) is 6. The molecule has 9 nitrogen and oxygen atoms in total. The molecule has 1 saturated carbocycles. The standard InChI is InChI=1S/C24H28N4O5S/c1-14-19-21(30)28(16-10-7-11-17(12-16)33-4)24(32)27(13-18(29)25-15-8-5-6-9-15)23(19)34-20(14)22(31)26(2)3/h7,10-12,15H,5-6,8-9,13H2,1-4H3,(H,25,29). The first kappa shape index (κ1) is 23.7. The van der Waals surface area contributed by atoms with Crippen molar-refractivity contribution >= 4 is 33.4 Å². The zero-order valence-electron chi connectivity index (χ0n) is 19.7. The first-order valence-corrected chi connectivity index (χ1v) is 12.0. The second-order valence-corrected chi connectivity index (χ2v) is 9.69. The van der Waals surface area contributed by atoms with Crippen LogP contribution in [0.2, 0.25) is 0 Å². The van der Waals surface area contributed by atoms with E-state index in [1.165, 1.54) is 16.6 Å². The molecule has 180 valence electrons. The fourth-order valence-electron chi connectivity index (χ4n) is 4.36. The summed E-state index contributed by atoms with van der Waals surface area (Å²) >= 11 is 1.07. The van der Waals surface area contributed by atoms with Gasteiger partial charge in [-0.3, -0.25) is 19.0 Å². The van der Waals surface area contributed by atoms with Crippen LogP contribution in [-0.2, 0) is 11.3 Å². The second kappa shape index (κ2) is 9.46. The van der Waals surface area contributed by atoms with Gasteiger partial charge in [0, 0.05) is 26.2 Å². The Morgan fingerprint density at radius 3 is 2.56 bits per heavy atom. The summed E-state index contributed by atoms with van der Waals surface area (Å²) in [6, 6.07) is 6.71. The van der Waals surface area contributed by atoms with E-state index in [1.807, 2.05) is 0 Å². The molecule has 1 aliphatic rings. The topological polar surface area (TPSA) is 103 Å². The SMILES string of the molecule is COc1cccc(-n2c(=O)c3c(C)c(C(=O)N(C)C)sc3n(CC(=O)NC3CCCC3)c2=O)c1. The van der Waals surface area contributed by atoms with Gasteiger partial charge in [0.2, 0.25) is 5.91 Å². The molecule has 2 aromatic heterocycles. The van der Waals surface area contributed by atoms with Gasteiger partial charge in [0.1, 0.15) is 17.1 Å². The number of aromatic nitrogens is 2. The van der Waals surface area contributed by atoms with Gasteiger partial charge >= 0.3 is 5.69 Å². The number of methoxy groups -OCH3 is 1. The molecular weight excluding hydrogens is 456 g/mol. The van der Waals surface area contributed by atoms with Gasteiger partial charge in [-0.15, -0.1) is 11.3 Å². The van der Waals surface area contributed by atoms with Crippen molar-refractivity contribution < 1.29 is 14.3 Å². The molecule has 0 atom stereocenters. The number of carbonyl (C=O) groups excluding carboxylic acids is 2. The summed E-state index contributed by atoms with van der Waals surface area (Å²) in [5.41, 5.74) is -0.359. The normalized spacial score (nSPS) is 13.9. The molecule has 34 heavy (non-hydrogen) atoms. The maximum absolute atomic E-state index is 13.6. The molecule has 1 aliphatic carbocycles. The Morgan fingerprint density at radius 2 is 1.91 bits per heavy atom. The van der Waals surface area contributed by atoms with E-state index in [0.717, 1.165) is 41.6 Å². The minimum Gasteiger partial charge on any atom is -0.497 e. The van der Waals surface area contributed by atoms with Crippen LogP contribution in [0.3, 0.4) is 0 Å². The quantitative estimate of drug-likeness (QED) is 0.578. The fraction of sp³-hybridized carbons (Fsp3) is 0.417. The third-order valence-electron chi connectivity index (χ3n) is 6.15. The Bertz CT molecular complexity index is 1380. The summed E-state index contributed by atoms with van der Waals surface area (Å²) < 4.78 is 7.60. The summed E-state index contributed by atoms with van der Waals surface area (Å²) in [6.45, 7) is 1.45. The van der Waals surface area contributed by atoms with Crippen LogP contribution in [0.15, 0.2) is 33.9 Å². The number of carbonyl (C=O) groups is 2. The van der Waals surface area contributed by atoms with Crippen LogP contribution in [0.5, 0.6) is 5.75 Å². The van der Waals surface area contributed by atoms with Crippen molar-refractivity contribution in [2.24, 2.45) is 0 Å². The maximum Gasteiger partial charge on any atom is 0.337 e. The van der Waals surface area contributed by atoms with E-state index in [2.05, 4.69) is 5.32 Å². The van der Waals surface area contributed by atoms with E-state index in [-0.39, 0.29) is 29.8 Å². The summed E-state index contributed by atoms with van der Waals surface area (Å²) in [7, 11) is 4.75. The first-order chi connectivity index (χ1) is 16.2. The molecular formula is C24H28N4O5S. The number of nitrogens with one attached hydrogen (secondary N) is 1. The Kier molecular flexibility index (Phi) is 6.60. The largest absolute Gasteiger partial charge is 0.497 e. The predicted molar refractivity (Wildman–Crippen MR) is 131 cm³/mol. The van der Waals surface area contributed by atoms with Crippen LogP contribution in [-0.4, -0.2) is 53.1 Å². The summed E-state index contributed by atoms with van der Waals surface area (Å²) in [5, 5.41) is 3.25. The van der Waals surface area contributed by atoms with Crippen LogP contribution in [0.4, 0.5) is 0 Å². The summed E-state index contributed by atoms with van der Waals surface area (Å²) in [5.74, 6) is -0.0712. The number of ether oxygens (including phenoxy) is 1. The number of fused-ring (bicyclic) bond motifs is 1. The summed E-state index contributed by atoms with van der Waals surface area (Å²) in [4.78, 5) is 55.0.